The summed E-state index contributed by atoms with van der Waals surface area (Å²) in [4.78, 5) is 14.6. The molecule has 170 valence electrons. The van der Waals surface area contributed by atoms with Gasteiger partial charge in [0.05, 0.1) is 23.7 Å². The van der Waals surface area contributed by atoms with Crippen molar-refractivity contribution in [3.8, 4) is 5.75 Å². The number of likely N-dealkylation sites (tertiary alicyclic amines) is 1. The number of ether oxygens (including phenoxy) is 1. The van der Waals surface area contributed by atoms with Crippen LogP contribution in [0.1, 0.15) is 35.2 Å². The van der Waals surface area contributed by atoms with Gasteiger partial charge in [0.2, 0.25) is 0 Å². The number of benzene rings is 2. The second-order valence-corrected chi connectivity index (χ2v) is 9.56. The van der Waals surface area contributed by atoms with Gasteiger partial charge in [-0.25, -0.2) is 13.3 Å². The van der Waals surface area contributed by atoms with Crippen molar-refractivity contribution in [3.05, 3.63) is 47.5 Å². The van der Waals surface area contributed by atoms with Crippen molar-refractivity contribution in [1.82, 2.24) is 4.90 Å². The van der Waals surface area contributed by atoms with Crippen LogP contribution in [0.5, 0.6) is 5.75 Å². The summed E-state index contributed by atoms with van der Waals surface area (Å²) in [5.74, 6) is 0.417. The molecule has 0 amide bonds. The highest BCUT2D eigenvalue weighted by Gasteiger charge is 2.46. The number of fused-ring (bicyclic) bond motifs is 3. The predicted octanol–water partition coefficient (Wildman–Crippen LogP) is 3.52. The monoisotopic (exact) mass is 457 g/mol. The van der Waals surface area contributed by atoms with Crippen molar-refractivity contribution in [2.75, 3.05) is 42.4 Å². The molecule has 0 aromatic heterocycles. The number of carboxylic acid groups (broad SMARTS) is 1. The van der Waals surface area contributed by atoms with Crippen LogP contribution in [0.25, 0.3) is 0 Å². The molecule has 2 aromatic rings. The van der Waals surface area contributed by atoms with Gasteiger partial charge in [-0.05, 0) is 42.6 Å². The third-order valence-electron chi connectivity index (χ3n) is 6.70. The molecule has 1 saturated heterocycles. The third-order valence-corrected chi connectivity index (χ3v) is 7.41. The standard InChI is InChI=1S/C23H27N3O5S/c1-2-25-11-14(12-25)10-24-18-5-3-4-6-19(18)26(32(29)30)20-8-7-16-17-9-15(17)13-31-22(16)21(20)23(27)28/h3-8,14-15,17,24H,2,9-13H2,1H3,(H,27,28)(H,29,30). The van der Waals surface area contributed by atoms with Crippen molar-refractivity contribution in [2.24, 2.45) is 11.8 Å². The highest BCUT2D eigenvalue weighted by atomic mass is 32.2. The summed E-state index contributed by atoms with van der Waals surface area (Å²) in [5, 5.41) is 13.4. The average molecular weight is 458 g/mol. The normalized spacial score (nSPS) is 22.7. The van der Waals surface area contributed by atoms with Gasteiger partial charge in [-0.3, -0.25) is 4.55 Å². The number of aromatic carboxylic acids is 1. The van der Waals surface area contributed by atoms with E-state index in [2.05, 4.69) is 17.1 Å². The lowest BCUT2D eigenvalue weighted by Gasteiger charge is -2.39. The van der Waals surface area contributed by atoms with Gasteiger partial charge in [-0.15, -0.1) is 0 Å². The molecule has 32 heavy (non-hydrogen) atoms. The molecule has 0 bridgehead atoms. The van der Waals surface area contributed by atoms with Crippen LogP contribution in [0.2, 0.25) is 0 Å². The molecule has 9 heteroatoms. The van der Waals surface area contributed by atoms with Gasteiger partial charge in [0.25, 0.3) is 11.3 Å². The Labute approximate surface area is 189 Å². The smallest absolute Gasteiger partial charge is 0.341 e. The number of carboxylic acids is 1. The van der Waals surface area contributed by atoms with Crippen LogP contribution in [0, 0.1) is 11.8 Å². The van der Waals surface area contributed by atoms with E-state index >= 15 is 0 Å². The maximum Gasteiger partial charge on any atom is 0.341 e. The number of hydrogen-bond donors (Lipinski definition) is 3. The molecule has 0 radical (unpaired) electrons. The van der Waals surface area contributed by atoms with Crippen LogP contribution in [0.4, 0.5) is 17.1 Å². The molecule has 1 aliphatic carbocycles. The first kappa shape index (κ1) is 21.2. The van der Waals surface area contributed by atoms with Gasteiger partial charge >= 0.3 is 5.97 Å². The summed E-state index contributed by atoms with van der Waals surface area (Å²) in [7, 11) is 0. The molecule has 3 atom stereocenters. The number of nitrogens with zero attached hydrogens (tertiary/aromatic N) is 2. The summed E-state index contributed by atoms with van der Waals surface area (Å²) in [6, 6.07) is 10.7. The first-order valence-electron chi connectivity index (χ1n) is 11.0. The van der Waals surface area contributed by atoms with E-state index in [0.29, 0.717) is 41.5 Å². The molecule has 5 rings (SSSR count). The number of hydrogen-bond acceptors (Lipinski definition) is 5. The number of para-hydroxylation sites is 2. The molecule has 2 aromatic carbocycles. The Morgan fingerprint density at radius 2 is 2.03 bits per heavy atom. The van der Waals surface area contributed by atoms with Gasteiger partial charge in [0.1, 0.15) is 11.3 Å². The molecule has 1 saturated carbocycles. The average Bonchev–Trinajstić information content (AvgIpc) is 3.53. The van der Waals surface area contributed by atoms with Crippen molar-refractivity contribution in [3.63, 3.8) is 0 Å². The molecule has 0 spiro atoms. The van der Waals surface area contributed by atoms with Crippen molar-refractivity contribution < 1.29 is 23.4 Å². The zero-order valence-electron chi connectivity index (χ0n) is 17.9. The predicted molar refractivity (Wildman–Crippen MR) is 123 cm³/mol. The van der Waals surface area contributed by atoms with Crippen LogP contribution in [0.3, 0.4) is 0 Å². The number of rotatable bonds is 8. The largest absolute Gasteiger partial charge is 0.492 e. The molecule has 2 heterocycles. The van der Waals surface area contributed by atoms with E-state index in [9.17, 15) is 18.7 Å². The van der Waals surface area contributed by atoms with Crippen LogP contribution >= 0.6 is 0 Å². The minimum atomic E-state index is -2.48. The summed E-state index contributed by atoms with van der Waals surface area (Å²) < 4.78 is 29.7. The van der Waals surface area contributed by atoms with E-state index in [0.717, 1.165) is 42.5 Å². The topological polar surface area (TPSA) is 102 Å². The van der Waals surface area contributed by atoms with Gasteiger partial charge in [0, 0.05) is 31.5 Å². The molecule has 3 N–H and O–H groups in total. The molecule has 2 fully saturated rings. The molecular formula is C23H27N3O5S. The van der Waals surface area contributed by atoms with Gasteiger partial charge in [-0.2, -0.15) is 0 Å². The van der Waals surface area contributed by atoms with E-state index in [4.69, 9.17) is 4.74 Å². The van der Waals surface area contributed by atoms with E-state index in [-0.39, 0.29) is 11.3 Å². The van der Waals surface area contributed by atoms with Crippen LogP contribution in [-0.2, 0) is 11.3 Å². The van der Waals surface area contributed by atoms with Crippen LogP contribution in [-0.4, -0.2) is 57.5 Å². The van der Waals surface area contributed by atoms with E-state index in [1.54, 1.807) is 18.2 Å². The summed E-state index contributed by atoms with van der Waals surface area (Å²) in [6.07, 6.45) is 0.991. The number of anilines is 3. The fraction of sp³-hybridized carbons (Fsp3) is 0.435. The maximum absolute atomic E-state index is 12.5. The second-order valence-electron chi connectivity index (χ2n) is 8.74. The molecule has 3 aliphatic rings. The lowest BCUT2D eigenvalue weighted by atomic mass is 9.99. The summed E-state index contributed by atoms with van der Waals surface area (Å²) in [5.41, 5.74) is 2.08. The third kappa shape index (κ3) is 3.74. The molecule has 3 unspecified atom stereocenters. The summed E-state index contributed by atoms with van der Waals surface area (Å²) >= 11 is -2.48. The van der Waals surface area contributed by atoms with Gasteiger partial charge < -0.3 is 20.1 Å². The fourth-order valence-corrected chi connectivity index (χ4v) is 5.48. The lowest BCUT2D eigenvalue weighted by molar-refractivity contribution is 0.0692. The summed E-state index contributed by atoms with van der Waals surface area (Å²) in [6.45, 7) is 6.44. The Balaban J connectivity index is 1.50. The highest BCUT2D eigenvalue weighted by molar-refractivity contribution is 7.81. The lowest BCUT2D eigenvalue weighted by Crippen LogP contribution is -2.49. The number of nitrogens with one attached hydrogen (secondary N) is 1. The van der Waals surface area contributed by atoms with Crippen molar-refractivity contribution in [1.29, 1.82) is 0 Å². The Kier molecular flexibility index (Phi) is 5.56. The first-order valence-corrected chi connectivity index (χ1v) is 12.0. The number of carbonyl (C=O) groups is 1. The van der Waals surface area contributed by atoms with Crippen LogP contribution in [0.15, 0.2) is 36.4 Å². The zero-order chi connectivity index (χ0) is 22.4. The molecular weight excluding hydrogens is 430 g/mol. The minimum absolute atomic E-state index is 0.0670. The highest BCUT2D eigenvalue weighted by Crippen LogP contribution is 2.56. The van der Waals surface area contributed by atoms with Gasteiger partial charge in [-0.1, -0.05) is 25.1 Å². The van der Waals surface area contributed by atoms with Crippen molar-refractivity contribution in [2.45, 2.75) is 19.3 Å². The van der Waals surface area contributed by atoms with E-state index < -0.39 is 17.2 Å². The SMILES string of the molecule is CCN1CC(CNc2ccccc2N(c2ccc3c(c2C(=O)O)OCC2CC32)S(=O)O)C1. The zero-order valence-corrected chi connectivity index (χ0v) is 18.7. The Hall–Kier alpha value is -2.62. The van der Waals surface area contributed by atoms with Gasteiger partial charge in [0.15, 0.2) is 0 Å². The second kappa shape index (κ2) is 8.38. The minimum Gasteiger partial charge on any atom is -0.492 e. The Morgan fingerprint density at radius 1 is 1.25 bits per heavy atom. The molecule has 2 aliphatic heterocycles. The quantitative estimate of drug-likeness (QED) is 0.521. The van der Waals surface area contributed by atoms with E-state index in [1.165, 1.54) is 0 Å². The van der Waals surface area contributed by atoms with E-state index in [1.807, 2.05) is 18.2 Å². The van der Waals surface area contributed by atoms with Crippen molar-refractivity contribution >= 4 is 34.3 Å². The molecule has 8 nitrogen and oxygen atoms in total. The maximum atomic E-state index is 12.5. The fourth-order valence-electron chi connectivity index (χ4n) is 4.83. The van der Waals surface area contributed by atoms with Crippen LogP contribution < -0.4 is 14.4 Å². The first-order chi connectivity index (χ1) is 15.5. The Bertz CT molecular complexity index is 1070. The Morgan fingerprint density at radius 3 is 2.75 bits per heavy atom.